The lowest BCUT2D eigenvalue weighted by molar-refractivity contribution is 0.248. The minimum atomic E-state index is 0.501. The SMILES string of the molecule is CN1CCCC(c2cnc(-c3ccccc3Cl)cn2)C1. The van der Waals surface area contributed by atoms with Crippen LogP contribution in [0.2, 0.25) is 5.02 Å². The number of nitrogens with zero attached hydrogens (tertiary/aromatic N) is 3. The fourth-order valence-electron chi connectivity index (χ4n) is 2.76. The minimum Gasteiger partial charge on any atom is -0.306 e. The van der Waals surface area contributed by atoms with Crippen molar-refractivity contribution in [2.75, 3.05) is 20.1 Å². The number of aromatic nitrogens is 2. The Morgan fingerprint density at radius 3 is 2.75 bits per heavy atom. The van der Waals surface area contributed by atoms with Crippen LogP contribution in [0.3, 0.4) is 0 Å². The van der Waals surface area contributed by atoms with Gasteiger partial charge in [-0.3, -0.25) is 9.97 Å². The summed E-state index contributed by atoms with van der Waals surface area (Å²) in [7, 11) is 2.16. The number of hydrogen-bond acceptors (Lipinski definition) is 3. The van der Waals surface area contributed by atoms with Crippen molar-refractivity contribution in [2.24, 2.45) is 0 Å². The van der Waals surface area contributed by atoms with E-state index in [1.54, 1.807) is 0 Å². The minimum absolute atomic E-state index is 0.501. The van der Waals surface area contributed by atoms with Crippen LogP contribution in [0.4, 0.5) is 0 Å². The second kappa shape index (κ2) is 5.90. The topological polar surface area (TPSA) is 29.0 Å². The molecular formula is C16H18ClN3. The summed E-state index contributed by atoms with van der Waals surface area (Å²) >= 11 is 6.19. The van der Waals surface area contributed by atoms with Gasteiger partial charge in [0.2, 0.25) is 0 Å². The molecule has 1 aromatic heterocycles. The normalized spacial score (nSPS) is 20.0. The molecule has 1 atom stereocenters. The van der Waals surface area contributed by atoms with E-state index < -0.39 is 0 Å². The van der Waals surface area contributed by atoms with Crippen molar-refractivity contribution in [2.45, 2.75) is 18.8 Å². The Hall–Kier alpha value is -1.45. The van der Waals surface area contributed by atoms with Crippen LogP contribution in [0.25, 0.3) is 11.3 Å². The number of likely N-dealkylation sites (tertiary alicyclic amines) is 1. The molecule has 0 saturated carbocycles. The first-order chi connectivity index (χ1) is 9.74. The highest BCUT2D eigenvalue weighted by Crippen LogP contribution is 2.28. The first-order valence-electron chi connectivity index (χ1n) is 6.99. The van der Waals surface area contributed by atoms with Gasteiger partial charge in [0.15, 0.2) is 0 Å². The van der Waals surface area contributed by atoms with Crippen molar-refractivity contribution in [3.05, 3.63) is 47.4 Å². The molecule has 0 N–H and O–H groups in total. The van der Waals surface area contributed by atoms with Gasteiger partial charge in [0.25, 0.3) is 0 Å². The summed E-state index contributed by atoms with van der Waals surface area (Å²) in [5, 5.41) is 0.715. The highest BCUT2D eigenvalue weighted by atomic mass is 35.5. The lowest BCUT2D eigenvalue weighted by Crippen LogP contribution is -2.31. The quantitative estimate of drug-likeness (QED) is 0.845. The fourth-order valence-corrected chi connectivity index (χ4v) is 3.00. The van der Waals surface area contributed by atoms with E-state index in [-0.39, 0.29) is 0 Å². The summed E-state index contributed by atoms with van der Waals surface area (Å²) in [6.45, 7) is 2.25. The lowest BCUT2D eigenvalue weighted by atomic mass is 9.95. The molecule has 0 spiro atoms. The van der Waals surface area contributed by atoms with Gasteiger partial charge in [0.1, 0.15) is 0 Å². The Bertz CT molecular complexity index is 583. The monoisotopic (exact) mass is 287 g/mol. The van der Waals surface area contributed by atoms with Crippen molar-refractivity contribution in [1.29, 1.82) is 0 Å². The van der Waals surface area contributed by atoms with Crippen molar-refractivity contribution in [3.8, 4) is 11.3 Å². The van der Waals surface area contributed by atoms with Crippen LogP contribution < -0.4 is 0 Å². The summed E-state index contributed by atoms with van der Waals surface area (Å²) in [5.74, 6) is 0.501. The Morgan fingerprint density at radius 2 is 2.05 bits per heavy atom. The van der Waals surface area contributed by atoms with Gasteiger partial charge in [-0.15, -0.1) is 0 Å². The fraction of sp³-hybridized carbons (Fsp3) is 0.375. The molecule has 1 aromatic carbocycles. The highest BCUT2D eigenvalue weighted by molar-refractivity contribution is 6.33. The second-order valence-corrected chi connectivity index (χ2v) is 5.81. The van der Waals surface area contributed by atoms with Gasteiger partial charge in [-0.05, 0) is 32.5 Å². The predicted molar refractivity (Wildman–Crippen MR) is 82.0 cm³/mol. The van der Waals surface area contributed by atoms with E-state index in [1.165, 1.54) is 19.4 Å². The third kappa shape index (κ3) is 2.84. The Kier molecular flexibility index (Phi) is 3.99. The molecule has 20 heavy (non-hydrogen) atoms. The lowest BCUT2D eigenvalue weighted by Gasteiger charge is -2.29. The first kappa shape index (κ1) is 13.5. The number of rotatable bonds is 2. The predicted octanol–water partition coefficient (Wildman–Crippen LogP) is 3.61. The summed E-state index contributed by atoms with van der Waals surface area (Å²) < 4.78 is 0. The van der Waals surface area contributed by atoms with Crippen LogP contribution in [0, 0.1) is 0 Å². The van der Waals surface area contributed by atoms with Crippen LogP contribution in [-0.2, 0) is 0 Å². The molecule has 2 aromatic rings. The van der Waals surface area contributed by atoms with E-state index >= 15 is 0 Å². The molecule has 4 heteroatoms. The van der Waals surface area contributed by atoms with Crippen LogP contribution >= 0.6 is 11.6 Å². The molecule has 1 aliphatic rings. The molecule has 3 rings (SSSR count). The third-order valence-electron chi connectivity index (χ3n) is 3.86. The standard InChI is InChI=1S/C16H18ClN3/c1-20-8-4-5-12(11-20)15-9-19-16(10-18-15)13-6-2-3-7-14(13)17/h2-3,6-7,9-10,12H,4-5,8,11H2,1H3. The third-order valence-corrected chi connectivity index (χ3v) is 4.19. The van der Waals surface area contributed by atoms with E-state index in [0.29, 0.717) is 10.9 Å². The summed E-state index contributed by atoms with van der Waals surface area (Å²) in [4.78, 5) is 11.5. The van der Waals surface area contributed by atoms with Gasteiger partial charge in [0, 0.05) is 24.2 Å². The molecule has 0 aliphatic carbocycles. The van der Waals surface area contributed by atoms with Crippen molar-refractivity contribution in [1.82, 2.24) is 14.9 Å². The molecule has 1 saturated heterocycles. The van der Waals surface area contributed by atoms with Crippen LogP contribution in [0.1, 0.15) is 24.5 Å². The molecular weight excluding hydrogens is 270 g/mol. The summed E-state index contributed by atoms with van der Waals surface area (Å²) in [6, 6.07) is 7.74. The van der Waals surface area contributed by atoms with E-state index in [9.17, 15) is 0 Å². The summed E-state index contributed by atoms with van der Waals surface area (Å²) in [5.41, 5.74) is 2.87. The zero-order valence-electron chi connectivity index (χ0n) is 11.6. The maximum atomic E-state index is 6.19. The Balaban J connectivity index is 1.83. The smallest absolute Gasteiger partial charge is 0.0900 e. The molecule has 1 unspecified atom stereocenters. The molecule has 0 radical (unpaired) electrons. The van der Waals surface area contributed by atoms with E-state index in [1.807, 2.05) is 36.7 Å². The number of hydrogen-bond donors (Lipinski definition) is 0. The van der Waals surface area contributed by atoms with Crippen molar-refractivity contribution in [3.63, 3.8) is 0 Å². The zero-order chi connectivity index (χ0) is 13.9. The maximum Gasteiger partial charge on any atom is 0.0900 e. The first-order valence-corrected chi connectivity index (χ1v) is 7.37. The zero-order valence-corrected chi connectivity index (χ0v) is 12.3. The van der Waals surface area contributed by atoms with Gasteiger partial charge in [0.05, 0.1) is 22.6 Å². The largest absolute Gasteiger partial charge is 0.306 e. The molecule has 1 aliphatic heterocycles. The van der Waals surface area contributed by atoms with Gasteiger partial charge in [-0.25, -0.2) is 0 Å². The number of halogens is 1. The van der Waals surface area contributed by atoms with Gasteiger partial charge in [-0.1, -0.05) is 29.8 Å². The van der Waals surface area contributed by atoms with Crippen molar-refractivity contribution >= 4 is 11.6 Å². The highest BCUT2D eigenvalue weighted by Gasteiger charge is 2.20. The average Bonchev–Trinajstić information content (AvgIpc) is 2.48. The van der Waals surface area contributed by atoms with Crippen molar-refractivity contribution < 1.29 is 0 Å². The van der Waals surface area contributed by atoms with Gasteiger partial charge in [-0.2, -0.15) is 0 Å². The number of likely N-dealkylation sites (N-methyl/N-ethyl adjacent to an activating group) is 1. The van der Waals surface area contributed by atoms with Crippen LogP contribution in [-0.4, -0.2) is 35.0 Å². The number of benzene rings is 1. The van der Waals surface area contributed by atoms with Gasteiger partial charge >= 0.3 is 0 Å². The summed E-state index contributed by atoms with van der Waals surface area (Å²) in [6.07, 6.45) is 6.17. The van der Waals surface area contributed by atoms with E-state index in [0.717, 1.165) is 23.5 Å². The van der Waals surface area contributed by atoms with E-state index in [4.69, 9.17) is 11.6 Å². The average molecular weight is 288 g/mol. The molecule has 1 fully saturated rings. The molecule has 3 nitrogen and oxygen atoms in total. The van der Waals surface area contributed by atoms with Gasteiger partial charge < -0.3 is 4.90 Å². The Labute approximate surface area is 124 Å². The Morgan fingerprint density at radius 1 is 1.20 bits per heavy atom. The van der Waals surface area contributed by atoms with Crippen LogP contribution in [0.15, 0.2) is 36.7 Å². The second-order valence-electron chi connectivity index (χ2n) is 5.41. The molecule has 0 amide bonds. The molecule has 2 heterocycles. The molecule has 0 bridgehead atoms. The van der Waals surface area contributed by atoms with E-state index in [2.05, 4.69) is 21.9 Å². The van der Waals surface area contributed by atoms with Crippen LogP contribution in [0.5, 0.6) is 0 Å². The number of piperidine rings is 1. The molecule has 104 valence electrons. The maximum absolute atomic E-state index is 6.19.